The molecule has 92 valence electrons. The van der Waals surface area contributed by atoms with E-state index in [9.17, 15) is 0 Å². The number of nitrogens with one attached hydrogen (secondary N) is 1. The molecule has 0 spiro atoms. The molecule has 2 atom stereocenters. The van der Waals surface area contributed by atoms with Crippen LogP contribution in [0.5, 0.6) is 0 Å². The third-order valence-corrected chi connectivity index (χ3v) is 2.69. The zero-order valence-electron chi connectivity index (χ0n) is 10.8. The van der Waals surface area contributed by atoms with Crippen molar-refractivity contribution in [3.8, 4) is 0 Å². The molecular formula is C12H29N3. The predicted octanol–water partition coefficient (Wildman–Crippen LogP) is 1.32. The Balaban J connectivity index is 3.44. The lowest BCUT2D eigenvalue weighted by molar-refractivity contribution is 0.417. The summed E-state index contributed by atoms with van der Waals surface area (Å²) >= 11 is 0. The lowest BCUT2D eigenvalue weighted by Crippen LogP contribution is -2.37. The molecular weight excluding hydrogens is 186 g/mol. The van der Waals surface area contributed by atoms with Gasteiger partial charge in [-0.3, -0.25) is 0 Å². The normalized spacial score (nSPS) is 16.0. The minimum absolute atomic E-state index is 0.244. The Morgan fingerprint density at radius 1 is 0.933 bits per heavy atom. The molecule has 0 bridgehead atoms. The van der Waals surface area contributed by atoms with Crippen molar-refractivity contribution in [2.24, 2.45) is 23.3 Å². The molecule has 0 aromatic rings. The van der Waals surface area contributed by atoms with Crippen LogP contribution in [0.2, 0.25) is 0 Å². The minimum atomic E-state index is 0.244. The molecule has 0 amide bonds. The first kappa shape index (κ1) is 14.9. The Morgan fingerprint density at radius 3 is 2.00 bits per heavy atom. The molecule has 15 heavy (non-hydrogen) atoms. The van der Waals surface area contributed by atoms with Crippen LogP contribution in [-0.4, -0.2) is 25.2 Å². The summed E-state index contributed by atoms with van der Waals surface area (Å²) in [5.41, 5.74) is 12.0. The molecule has 0 aromatic carbocycles. The minimum Gasteiger partial charge on any atom is -0.327 e. The molecule has 0 aromatic heterocycles. The van der Waals surface area contributed by atoms with Gasteiger partial charge in [-0.05, 0) is 31.2 Å². The van der Waals surface area contributed by atoms with E-state index >= 15 is 0 Å². The van der Waals surface area contributed by atoms with E-state index in [2.05, 4.69) is 33.0 Å². The molecule has 1 unspecified atom stereocenters. The van der Waals surface area contributed by atoms with Crippen molar-refractivity contribution in [1.82, 2.24) is 5.32 Å². The third kappa shape index (κ3) is 8.85. The van der Waals surface area contributed by atoms with Gasteiger partial charge in [0.2, 0.25) is 0 Å². The van der Waals surface area contributed by atoms with Gasteiger partial charge in [0.25, 0.3) is 0 Å². The monoisotopic (exact) mass is 215 g/mol. The Labute approximate surface area is 95.0 Å². The van der Waals surface area contributed by atoms with Gasteiger partial charge in [0.15, 0.2) is 0 Å². The van der Waals surface area contributed by atoms with Crippen molar-refractivity contribution in [3.05, 3.63) is 0 Å². The zero-order valence-corrected chi connectivity index (χ0v) is 10.8. The Kier molecular flexibility index (Phi) is 8.02. The summed E-state index contributed by atoms with van der Waals surface area (Å²) in [5.74, 6) is 1.25. The maximum Gasteiger partial charge on any atom is 0.0165 e. The predicted molar refractivity (Wildman–Crippen MR) is 67.7 cm³/mol. The van der Waals surface area contributed by atoms with Crippen LogP contribution >= 0.6 is 0 Å². The highest BCUT2D eigenvalue weighted by atomic mass is 14.9. The first-order valence-electron chi connectivity index (χ1n) is 6.15. The molecule has 0 radical (unpaired) electrons. The first-order chi connectivity index (χ1) is 6.93. The zero-order chi connectivity index (χ0) is 11.8. The maximum absolute atomic E-state index is 5.99. The van der Waals surface area contributed by atoms with Crippen LogP contribution < -0.4 is 16.8 Å². The second-order valence-corrected chi connectivity index (χ2v) is 5.30. The van der Waals surface area contributed by atoms with E-state index in [-0.39, 0.29) is 6.04 Å². The fraction of sp³-hybridized carbons (Fsp3) is 1.00. The molecule has 3 nitrogen and oxygen atoms in total. The molecule has 0 rings (SSSR count). The molecule has 3 heteroatoms. The summed E-state index contributed by atoms with van der Waals surface area (Å²) in [6.45, 7) is 10.7. The number of hydrogen-bond donors (Lipinski definition) is 3. The summed E-state index contributed by atoms with van der Waals surface area (Å²) in [5, 5.41) is 3.37. The van der Waals surface area contributed by atoms with Crippen molar-refractivity contribution in [2.45, 2.75) is 52.6 Å². The highest BCUT2D eigenvalue weighted by Gasteiger charge is 2.10. The van der Waals surface area contributed by atoms with Crippen molar-refractivity contribution in [3.63, 3.8) is 0 Å². The smallest absolute Gasteiger partial charge is 0.0165 e. The van der Waals surface area contributed by atoms with E-state index in [1.54, 1.807) is 0 Å². The molecule has 0 heterocycles. The summed E-state index contributed by atoms with van der Waals surface area (Å²) in [4.78, 5) is 0. The Hall–Kier alpha value is -0.120. The van der Waals surface area contributed by atoms with E-state index in [1.165, 1.54) is 0 Å². The van der Waals surface area contributed by atoms with Crippen LogP contribution in [0.1, 0.15) is 40.5 Å². The average molecular weight is 215 g/mol. The van der Waals surface area contributed by atoms with Gasteiger partial charge in [-0.1, -0.05) is 27.7 Å². The second-order valence-electron chi connectivity index (χ2n) is 5.30. The molecule has 0 saturated carbocycles. The van der Waals surface area contributed by atoms with Crippen LogP contribution in [0.3, 0.4) is 0 Å². The number of rotatable bonds is 8. The summed E-state index contributed by atoms with van der Waals surface area (Å²) in [7, 11) is 0. The van der Waals surface area contributed by atoms with E-state index in [1.807, 2.05) is 0 Å². The van der Waals surface area contributed by atoms with Crippen LogP contribution in [0, 0.1) is 11.8 Å². The maximum atomic E-state index is 5.99. The standard InChI is InChI=1S/C12H29N3/c1-9(2)7-15-8-11(13)5-6-12(14)10(3)4/h9-12,15H,5-8,13-14H2,1-4H3/t11-,12?/m0/s1. The van der Waals surface area contributed by atoms with Crippen molar-refractivity contribution in [2.75, 3.05) is 13.1 Å². The largest absolute Gasteiger partial charge is 0.327 e. The van der Waals surface area contributed by atoms with E-state index in [4.69, 9.17) is 11.5 Å². The van der Waals surface area contributed by atoms with Gasteiger partial charge >= 0.3 is 0 Å². The van der Waals surface area contributed by atoms with Crippen molar-refractivity contribution < 1.29 is 0 Å². The quantitative estimate of drug-likeness (QED) is 0.572. The SMILES string of the molecule is CC(C)CNC[C@@H](N)CCC(N)C(C)C. The van der Waals surface area contributed by atoms with Crippen LogP contribution in [0.25, 0.3) is 0 Å². The number of hydrogen-bond acceptors (Lipinski definition) is 3. The molecule has 0 aliphatic heterocycles. The van der Waals surface area contributed by atoms with Gasteiger partial charge in [0, 0.05) is 18.6 Å². The van der Waals surface area contributed by atoms with Gasteiger partial charge in [0.1, 0.15) is 0 Å². The molecule has 0 aliphatic carbocycles. The van der Waals surface area contributed by atoms with Crippen LogP contribution in [0.15, 0.2) is 0 Å². The number of nitrogens with two attached hydrogens (primary N) is 2. The molecule has 0 saturated heterocycles. The second kappa shape index (κ2) is 8.08. The Morgan fingerprint density at radius 2 is 1.53 bits per heavy atom. The van der Waals surface area contributed by atoms with E-state index in [0.717, 1.165) is 25.9 Å². The topological polar surface area (TPSA) is 64.1 Å². The Bertz CT molecular complexity index is 146. The van der Waals surface area contributed by atoms with Gasteiger partial charge in [0.05, 0.1) is 0 Å². The fourth-order valence-corrected chi connectivity index (χ4v) is 1.40. The lowest BCUT2D eigenvalue weighted by Gasteiger charge is -2.19. The molecule has 0 aliphatic rings. The van der Waals surface area contributed by atoms with Crippen molar-refractivity contribution in [1.29, 1.82) is 0 Å². The van der Waals surface area contributed by atoms with Crippen LogP contribution in [-0.2, 0) is 0 Å². The average Bonchev–Trinajstić information content (AvgIpc) is 2.13. The van der Waals surface area contributed by atoms with Crippen LogP contribution in [0.4, 0.5) is 0 Å². The summed E-state index contributed by atoms with van der Waals surface area (Å²) in [6, 6.07) is 0.537. The van der Waals surface area contributed by atoms with Gasteiger partial charge in [-0.15, -0.1) is 0 Å². The summed E-state index contributed by atoms with van der Waals surface area (Å²) in [6.07, 6.45) is 2.05. The highest BCUT2D eigenvalue weighted by Crippen LogP contribution is 2.06. The first-order valence-corrected chi connectivity index (χ1v) is 6.15. The third-order valence-electron chi connectivity index (χ3n) is 2.69. The van der Waals surface area contributed by atoms with Gasteiger partial charge < -0.3 is 16.8 Å². The lowest BCUT2D eigenvalue weighted by atomic mass is 9.98. The van der Waals surface area contributed by atoms with Gasteiger partial charge in [-0.25, -0.2) is 0 Å². The van der Waals surface area contributed by atoms with Gasteiger partial charge in [-0.2, -0.15) is 0 Å². The van der Waals surface area contributed by atoms with Crippen molar-refractivity contribution >= 4 is 0 Å². The fourth-order valence-electron chi connectivity index (χ4n) is 1.40. The molecule has 0 fully saturated rings. The highest BCUT2D eigenvalue weighted by molar-refractivity contribution is 4.71. The van der Waals surface area contributed by atoms with E-state index < -0.39 is 0 Å². The molecule has 5 N–H and O–H groups in total. The van der Waals surface area contributed by atoms with E-state index in [0.29, 0.717) is 17.9 Å². The summed E-state index contributed by atoms with van der Waals surface area (Å²) < 4.78 is 0.